The van der Waals surface area contributed by atoms with Crippen molar-refractivity contribution < 1.29 is 9.53 Å². The lowest BCUT2D eigenvalue weighted by Gasteiger charge is -2.34. The van der Waals surface area contributed by atoms with Crippen LogP contribution >= 0.6 is 12.6 Å². The van der Waals surface area contributed by atoms with Gasteiger partial charge >= 0.3 is 6.09 Å². The van der Waals surface area contributed by atoms with Crippen LogP contribution in [-0.2, 0) is 11.3 Å². The number of carbonyl (C=O) groups excluding carboxylic acids is 1. The van der Waals surface area contributed by atoms with E-state index < -0.39 is 8.07 Å². The molecule has 0 unspecified atom stereocenters. The molecule has 6 heteroatoms. The molecule has 1 fully saturated rings. The van der Waals surface area contributed by atoms with Gasteiger partial charge in [0.1, 0.15) is 14.7 Å². The number of rotatable bonds is 4. The van der Waals surface area contributed by atoms with Gasteiger partial charge in [-0.05, 0) is 52.4 Å². The summed E-state index contributed by atoms with van der Waals surface area (Å²) in [5.74, 6) is 3.50. The lowest BCUT2D eigenvalue weighted by molar-refractivity contribution is 0.0728. The highest BCUT2D eigenvalue weighted by molar-refractivity contribution is 7.80. The molecule has 1 amide bonds. The predicted octanol–water partition coefficient (Wildman–Crippen LogP) is 6.58. The fourth-order valence-electron chi connectivity index (χ4n) is 5.27. The largest absolute Gasteiger partial charge is 0.448 e. The van der Waals surface area contributed by atoms with E-state index in [1.807, 2.05) is 4.90 Å². The van der Waals surface area contributed by atoms with Crippen LogP contribution in [0.5, 0.6) is 0 Å². The van der Waals surface area contributed by atoms with Gasteiger partial charge < -0.3 is 9.64 Å². The molecule has 0 radical (unpaired) electrons. The molecular formula is C32H36N2O2SSi. The zero-order chi connectivity index (χ0) is 26.9. The van der Waals surface area contributed by atoms with Gasteiger partial charge in [-0.2, -0.15) is 0 Å². The van der Waals surface area contributed by atoms with Crippen molar-refractivity contribution in [2.45, 2.75) is 43.9 Å². The summed E-state index contributed by atoms with van der Waals surface area (Å²) in [5, 5.41) is 0. The smallest absolute Gasteiger partial charge is 0.409 e. The number of fused-ring (bicyclic) bond motifs is 3. The number of amides is 1. The molecule has 0 atom stereocenters. The summed E-state index contributed by atoms with van der Waals surface area (Å²) >= 11 is 4.71. The maximum Gasteiger partial charge on any atom is 0.409 e. The minimum absolute atomic E-state index is 0.0860. The van der Waals surface area contributed by atoms with E-state index >= 15 is 0 Å². The van der Waals surface area contributed by atoms with E-state index in [0.29, 0.717) is 19.7 Å². The van der Waals surface area contributed by atoms with Crippen molar-refractivity contribution >= 4 is 26.8 Å². The second-order valence-corrected chi connectivity index (χ2v) is 16.6. The maximum absolute atomic E-state index is 13.0. The zero-order valence-corrected chi connectivity index (χ0v) is 24.6. The van der Waals surface area contributed by atoms with Gasteiger partial charge in [0.15, 0.2) is 0 Å². The molecule has 38 heavy (non-hydrogen) atoms. The number of carbonyl (C=O) groups is 1. The zero-order valence-electron chi connectivity index (χ0n) is 22.8. The Morgan fingerprint density at radius 3 is 2.18 bits per heavy atom. The summed E-state index contributed by atoms with van der Waals surface area (Å²) in [4.78, 5) is 18.2. The third-order valence-corrected chi connectivity index (χ3v) is 8.72. The number of nitrogens with zero attached hydrogens (tertiary/aromatic N) is 2. The van der Waals surface area contributed by atoms with Gasteiger partial charge in [0.2, 0.25) is 0 Å². The average molecular weight is 541 g/mol. The lowest BCUT2D eigenvalue weighted by atomic mass is 9.98. The Morgan fingerprint density at radius 1 is 0.974 bits per heavy atom. The summed E-state index contributed by atoms with van der Waals surface area (Å²) in [6.45, 7) is 13.0. The molecule has 1 aliphatic carbocycles. The molecule has 0 saturated carbocycles. The van der Waals surface area contributed by atoms with Crippen molar-refractivity contribution in [3.05, 3.63) is 88.5 Å². The van der Waals surface area contributed by atoms with Gasteiger partial charge in [-0.25, -0.2) is 4.79 Å². The van der Waals surface area contributed by atoms with Crippen molar-refractivity contribution in [2.24, 2.45) is 0 Å². The van der Waals surface area contributed by atoms with E-state index in [1.54, 1.807) is 0 Å². The van der Waals surface area contributed by atoms with E-state index in [4.69, 9.17) is 17.4 Å². The first-order valence-corrected chi connectivity index (χ1v) is 17.3. The minimum Gasteiger partial charge on any atom is -0.448 e. The van der Waals surface area contributed by atoms with Gasteiger partial charge in [0, 0.05) is 49.1 Å². The maximum atomic E-state index is 13.0. The molecular weight excluding hydrogens is 505 g/mol. The second-order valence-electron chi connectivity index (χ2n) is 11.4. The molecule has 4 nitrogen and oxygen atoms in total. The molecule has 0 N–H and O–H groups in total. The normalized spacial score (nSPS) is 15.4. The van der Waals surface area contributed by atoms with Gasteiger partial charge in [0.25, 0.3) is 0 Å². The van der Waals surface area contributed by atoms with Crippen LogP contribution in [0.2, 0.25) is 19.6 Å². The molecule has 1 aliphatic heterocycles. The number of hydrogen-bond acceptors (Lipinski definition) is 4. The molecule has 3 aromatic rings. The Kier molecular flexibility index (Phi) is 7.72. The fourth-order valence-corrected chi connectivity index (χ4v) is 6.06. The highest BCUT2D eigenvalue weighted by Gasteiger charge is 2.30. The third kappa shape index (κ3) is 5.86. The van der Waals surface area contributed by atoms with Crippen LogP contribution in [0.15, 0.2) is 65.6 Å². The lowest BCUT2D eigenvalue weighted by Crippen LogP contribution is -2.48. The summed E-state index contributed by atoms with van der Waals surface area (Å²) in [7, 11) is -1.46. The summed E-state index contributed by atoms with van der Waals surface area (Å²) in [6.07, 6.45) is -0.219. The highest BCUT2D eigenvalue weighted by atomic mass is 32.1. The predicted molar refractivity (Wildman–Crippen MR) is 161 cm³/mol. The minimum atomic E-state index is -1.46. The van der Waals surface area contributed by atoms with Gasteiger partial charge in [-0.1, -0.05) is 74.1 Å². The van der Waals surface area contributed by atoms with Gasteiger partial charge in [-0.15, -0.1) is 18.2 Å². The van der Waals surface area contributed by atoms with Crippen LogP contribution < -0.4 is 0 Å². The first kappa shape index (κ1) is 26.6. The van der Waals surface area contributed by atoms with E-state index in [0.717, 1.165) is 35.7 Å². The van der Waals surface area contributed by atoms with Crippen LogP contribution in [0.4, 0.5) is 4.79 Å². The summed E-state index contributed by atoms with van der Waals surface area (Å²) < 4.78 is 5.88. The molecule has 196 valence electrons. The molecule has 0 spiro atoms. The number of hydrogen-bond donors (Lipinski definition) is 1. The van der Waals surface area contributed by atoms with Crippen LogP contribution in [0.25, 0.3) is 11.1 Å². The monoisotopic (exact) mass is 540 g/mol. The van der Waals surface area contributed by atoms with Crippen LogP contribution in [0.3, 0.4) is 0 Å². The average Bonchev–Trinajstić information content (AvgIpc) is 3.22. The third-order valence-electron chi connectivity index (χ3n) is 7.38. The van der Waals surface area contributed by atoms with Crippen molar-refractivity contribution in [3.8, 4) is 22.6 Å². The number of thiol groups is 1. The quantitative estimate of drug-likeness (QED) is 0.231. The van der Waals surface area contributed by atoms with E-state index in [2.05, 4.69) is 104 Å². The first-order chi connectivity index (χ1) is 18.2. The van der Waals surface area contributed by atoms with Crippen LogP contribution in [0, 0.1) is 18.4 Å². The van der Waals surface area contributed by atoms with Crippen LogP contribution in [-0.4, -0.2) is 56.8 Å². The molecule has 0 bridgehead atoms. The summed E-state index contributed by atoms with van der Waals surface area (Å²) in [5.41, 5.74) is 11.9. The first-order valence-electron chi connectivity index (χ1n) is 13.4. The topological polar surface area (TPSA) is 32.8 Å². The molecule has 0 aromatic heterocycles. The Morgan fingerprint density at radius 2 is 1.58 bits per heavy atom. The number of ether oxygens (including phenoxy) is 1. The van der Waals surface area contributed by atoms with Gasteiger partial charge in [-0.3, -0.25) is 4.90 Å². The Labute approximate surface area is 233 Å². The molecule has 2 aliphatic rings. The molecule has 5 rings (SSSR count). The van der Waals surface area contributed by atoms with Crippen LogP contribution in [0.1, 0.15) is 33.7 Å². The standard InChI is InChI=1S/C32H36N2O2SSi/c1-23-25(13-18-38(2,3)4)19-24(20-31(23)37)21-33-14-16-34(17-15-33)32(35)36-22-30-28-11-7-5-9-26(28)27-10-6-8-12-29(27)30/h5-12,19-20,30,37H,14-17,21-22H2,1-4H3. The van der Waals surface area contributed by atoms with Crippen molar-refractivity contribution in [1.29, 1.82) is 0 Å². The van der Waals surface area contributed by atoms with E-state index in [1.165, 1.54) is 27.8 Å². The molecule has 1 saturated heterocycles. The number of benzene rings is 3. The highest BCUT2D eigenvalue weighted by Crippen LogP contribution is 2.44. The number of piperazine rings is 1. The van der Waals surface area contributed by atoms with Gasteiger partial charge in [0.05, 0.1) is 0 Å². The summed E-state index contributed by atoms with van der Waals surface area (Å²) in [6, 6.07) is 21.2. The molecule has 1 heterocycles. The Balaban J connectivity index is 1.17. The van der Waals surface area contributed by atoms with Crippen molar-refractivity contribution in [1.82, 2.24) is 9.80 Å². The second kappa shape index (κ2) is 11.0. The Bertz CT molecular complexity index is 1370. The van der Waals surface area contributed by atoms with E-state index in [9.17, 15) is 4.79 Å². The SMILES string of the molecule is Cc1c(S)cc(CN2CCN(C(=O)OCC3c4ccccc4-c4ccccc43)CC2)cc1C#C[Si](C)(C)C. The van der Waals surface area contributed by atoms with Crippen molar-refractivity contribution in [3.63, 3.8) is 0 Å². The van der Waals surface area contributed by atoms with Crippen molar-refractivity contribution in [2.75, 3.05) is 32.8 Å². The fraction of sp³-hybridized carbons (Fsp3) is 0.344. The Hall–Kier alpha value is -2.98. The van der Waals surface area contributed by atoms with E-state index in [-0.39, 0.29) is 12.0 Å². The molecule has 3 aromatic carbocycles.